The monoisotopic (exact) mass is 351 g/mol. The summed E-state index contributed by atoms with van der Waals surface area (Å²) in [5.41, 5.74) is 4.57. The van der Waals surface area contributed by atoms with E-state index < -0.39 is 0 Å². The van der Waals surface area contributed by atoms with Crippen LogP contribution in [0.15, 0.2) is 59.6 Å². The van der Waals surface area contributed by atoms with E-state index in [4.69, 9.17) is 4.98 Å². The van der Waals surface area contributed by atoms with Crippen LogP contribution in [0.25, 0.3) is 22.6 Å². The van der Waals surface area contributed by atoms with E-state index in [-0.39, 0.29) is 0 Å². The molecule has 0 atom stereocenters. The highest BCUT2D eigenvalue weighted by atomic mass is 32.1. The first kappa shape index (κ1) is 17.6. The molecule has 0 aliphatic heterocycles. The molecule has 0 saturated carbocycles. The minimum Gasteiger partial charge on any atom is -0.378 e. The molecule has 0 bridgehead atoms. The van der Waals surface area contributed by atoms with Crippen LogP contribution in [0.4, 0.5) is 5.69 Å². The molecule has 3 nitrogen and oxygen atoms in total. The Labute approximate surface area is 155 Å². The van der Waals surface area contributed by atoms with Gasteiger partial charge >= 0.3 is 0 Å². The molecule has 0 radical (unpaired) electrons. The highest BCUT2D eigenvalue weighted by Gasteiger charge is 2.17. The van der Waals surface area contributed by atoms with E-state index in [1.165, 1.54) is 5.69 Å². The van der Waals surface area contributed by atoms with Crippen molar-refractivity contribution in [2.75, 3.05) is 19.0 Å². The Morgan fingerprint density at radius 1 is 0.960 bits per heavy atom. The molecule has 25 heavy (non-hydrogen) atoms. The van der Waals surface area contributed by atoms with Crippen LogP contribution in [0.5, 0.6) is 0 Å². The smallest absolute Gasteiger partial charge is 0.141 e. The SMILES string of the molecule is CCCCn1c(-c2ccc(N(C)C)cc2)nc(S)c1-c1ccccc1. The van der Waals surface area contributed by atoms with Crippen molar-refractivity contribution >= 4 is 18.3 Å². The minimum absolute atomic E-state index is 0.786. The zero-order valence-electron chi connectivity index (χ0n) is 15.1. The molecule has 3 aromatic rings. The van der Waals surface area contributed by atoms with Gasteiger partial charge < -0.3 is 9.47 Å². The van der Waals surface area contributed by atoms with Crippen LogP contribution in [0.1, 0.15) is 19.8 Å². The van der Waals surface area contributed by atoms with Gasteiger partial charge in [0.15, 0.2) is 0 Å². The fourth-order valence-electron chi connectivity index (χ4n) is 2.98. The van der Waals surface area contributed by atoms with Gasteiger partial charge in [-0.15, -0.1) is 12.6 Å². The van der Waals surface area contributed by atoms with Crippen molar-refractivity contribution in [3.8, 4) is 22.6 Å². The lowest BCUT2D eigenvalue weighted by atomic mass is 10.1. The summed E-state index contributed by atoms with van der Waals surface area (Å²) in [6, 6.07) is 19.0. The van der Waals surface area contributed by atoms with E-state index in [9.17, 15) is 0 Å². The molecular weight excluding hydrogens is 326 g/mol. The van der Waals surface area contributed by atoms with E-state index in [2.05, 4.69) is 91.6 Å². The molecule has 4 heteroatoms. The third kappa shape index (κ3) is 3.74. The van der Waals surface area contributed by atoms with E-state index >= 15 is 0 Å². The summed E-state index contributed by atoms with van der Waals surface area (Å²) in [5, 5.41) is 0.786. The molecule has 0 amide bonds. The Hall–Kier alpha value is -2.20. The van der Waals surface area contributed by atoms with Crippen molar-refractivity contribution in [3.63, 3.8) is 0 Å². The molecule has 0 aliphatic carbocycles. The number of unbranched alkanes of at least 4 members (excludes halogenated alkanes) is 1. The Balaban J connectivity index is 2.10. The topological polar surface area (TPSA) is 21.1 Å². The molecule has 0 spiro atoms. The van der Waals surface area contributed by atoms with Crippen LogP contribution in [0.2, 0.25) is 0 Å². The number of aromatic nitrogens is 2. The summed E-state index contributed by atoms with van der Waals surface area (Å²) in [5.74, 6) is 0.989. The molecule has 3 rings (SSSR count). The first-order chi connectivity index (χ1) is 12.1. The lowest BCUT2D eigenvalue weighted by Crippen LogP contribution is -2.08. The Kier molecular flexibility index (Phi) is 5.49. The van der Waals surface area contributed by atoms with Gasteiger partial charge in [0.25, 0.3) is 0 Å². The van der Waals surface area contributed by atoms with Gasteiger partial charge in [-0.2, -0.15) is 0 Å². The first-order valence-corrected chi connectivity index (χ1v) is 9.19. The molecule has 0 fully saturated rings. The highest BCUT2D eigenvalue weighted by molar-refractivity contribution is 7.80. The second-order valence-corrected chi connectivity index (χ2v) is 6.84. The first-order valence-electron chi connectivity index (χ1n) is 8.74. The third-order valence-corrected chi connectivity index (χ3v) is 4.69. The average molecular weight is 352 g/mol. The molecule has 2 aromatic carbocycles. The summed E-state index contributed by atoms with van der Waals surface area (Å²) in [6.45, 7) is 3.16. The second-order valence-electron chi connectivity index (χ2n) is 6.42. The highest BCUT2D eigenvalue weighted by Crippen LogP contribution is 2.33. The quantitative estimate of drug-likeness (QED) is 0.603. The number of thiol groups is 1. The fraction of sp³-hybridized carbons (Fsp3) is 0.286. The molecule has 0 unspecified atom stereocenters. The van der Waals surface area contributed by atoms with Gasteiger partial charge in [0, 0.05) is 37.5 Å². The van der Waals surface area contributed by atoms with Gasteiger partial charge in [-0.3, -0.25) is 0 Å². The summed E-state index contributed by atoms with van der Waals surface area (Å²) >= 11 is 4.68. The Morgan fingerprint density at radius 2 is 1.64 bits per heavy atom. The standard InChI is InChI=1S/C21H25N3S/c1-4-5-15-24-19(16-9-7-6-8-10-16)21(25)22-20(24)17-11-13-18(14-12-17)23(2)3/h6-14,25H,4-5,15H2,1-3H3. The molecule has 0 aliphatic rings. The molecular formula is C21H25N3S. The predicted octanol–water partition coefficient (Wildman–Crippen LogP) is 5.37. The number of hydrogen-bond acceptors (Lipinski definition) is 3. The normalized spacial score (nSPS) is 10.9. The largest absolute Gasteiger partial charge is 0.378 e. The van der Waals surface area contributed by atoms with E-state index in [0.717, 1.165) is 47.1 Å². The van der Waals surface area contributed by atoms with Crippen LogP contribution in [0.3, 0.4) is 0 Å². The molecule has 1 aromatic heterocycles. The van der Waals surface area contributed by atoms with Crippen molar-refractivity contribution < 1.29 is 0 Å². The fourth-order valence-corrected chi connectivity index (χ4v) is 3.33. The number of hydrogen-bond donors (Lipinski definition) is 1. The maximum absolute atomic E-state index is 4.80. The maximum Gasteiger partial charge on any atom is 0.141 e. The van der Waals surface area contributed by atoms with Crippen LogP contribution in [-0.2, 0) is 6.54 Å². The molecule has 0 N–H and O–H groups in total. The van der Waals surface area contributed by atoms with Crippen molar-refractivity contribution in [1.29, 1.82) is 0 Å². The predicted molar refractivity (Wildman–Crippen MR) is 110 cm³/mol. The Morgan fingerprint density at radius 3 is 2.24 bits per heavy atom. The van der Waals surface area contributed by atoms with Crippen molar-refractivity contribution in [3.05, 3.63) is 54.6 Å². The number of nitrogens with zero attached hydrogens (tertiary/aromatic N) is 3. The average Bonchev–Trinajstić information content (AvgIpc) is 2.97. The minimum atomic E-state index is 0.786. The van der Waals surface area contributed by atoms with Gasteiger partial charge in [-0.1, -0.05) is 43.7 Å². The van der Waals surface area contributed by atoms with Crippen LogP contribution in [-0.4, -0.2) is 23.6 Å². The van der Waals surface area contributed by atoms with Crippen molar-refractivity contribution in [1.82, 2.24) is 9.55 Å². The van der Waals surface area contributed by atoms with Gasteiger partial charge in [0.05, 0.1) is 5.69 Å². The summed E-state index contributed by atoms with van der Waals surface area (Å²) in [4.78, 5) is 6.90. The molecule has 1 heterocycles. The second kappa shape index (κ2) is 7.79. The van der Waals surface area contributed by atoms with Crippen LogP contribution < -0.4 is 4.90 Å². The molecule has 0 saturated heterocycles. The summed E-state index contributed by atoms with van der Waals surface area (Å²) < 4.78 is 2.31. The third-order valence-electron chi connectivity index (χ3n) is 4.37. The zero-order chi connectivity index (χ0) is 17.8. The van der Waals surface area contributed by atoms with Gasteiger partial charge in [-0.05, 0) is 30.7 Å². The van der Waals surface area contributed by atoms with Crippen molar-refractivity contribution in [2.24, 2.45) is 0 Å². The maximum atomic E-state index is 4.80. The number of imidazole rings is 1. The summed E-state index contributed by atoms with van der Waals surface area (Å²) in [6.07, 6.45) is 2.26. The van der Waals surface area contributed by atoms with Gasteiger partial charge in [0.2, 0.25) is 0 Å². The van der Waals surface area contributed by atoms with Crippen LogP contribution in [0, 0.1) is 0 Å². The Bertz CT molecular complexity index is 820. The number of benzene rings is 2. The number of rotatable bonds is 6. The van der Waals surface area contributed by atoms with E-state index in [1.54, 1.807) is 0 Å². The van der Waals surface area contributed by atoms with E-state index in [1.807, 2.05) is 6.07 Å². The zero-order valence-corrected chi connectivity index (χ0v) is 16.0. The molecule has 130 valence electrons. The van der Waals surface area contributed by atoms with Gasteiger partial charge in [0.1, 0.15) is 10.9 Å². The van der Waals surface area contributed by atoms with E-state index in [0.29, 0.717) is 0 Å². The summed E-state index contributed by atoms with van der Waals surface area (Å²) in [7, 11) is 4.10. The number of anilines is 1. The lowest BCUT2D eigenvalue weighted by Gasteiger charge is -2.14. The van der Waals surface area contributed by atoms with Crippen LogP contribution >= 0.6 is 12.6 Å². The lowest BCUT2D eigenvalue weighted by molar-refractivity contribution is 0.640. The van der Waals surface area contributed by atoms with Crippen molar-refractivity contribution in [2.45, 2.75) is 31.3 Å². The van der Waals surface area contributed by atoms with Gasteiger partial charge in [-0.25, -0.2) is 4.98 Å².